The molecular formula is C13H15FN2O. The number of aromatic nitrogens is 1. The zero-order chi connectivity index (χ0) is 12.0. The van der Waals surface area contributed by atoms with Crippen molar-refractivity contribution in [1.82, 2.24) is 4.98 Å². The maximum absolute atomic E-state index is 13.1. The Morgan fingerprint density at radius 1 is 1.53 bits per heavy atom. The quantitative estimate of drug-likeness (QED) is 0.825. The number of benzene rings is 1. The van der Waals surface area contributed by atoms with E-state index in [1.54, 1.807) is 6.07 Å². The Bertz CT molecular complexity index is 566. The Kier molecular flexibility index (Phi) is 2.23. The highest BCUT2D eigenvalue weighted by Gasteiger charge is 2.42. The van der Waals surface area contributed by atoms with Gasteiger partial charge in [-0.3, -0.25) is 0 Å². The molecule has 2 atom stereocenters. The van der Waals surface area contributed by atoms with Gasteiger partial charge in [0.05, 0.1) is 5.41 Å². The third kappa shape index (κ3) is 1.55. The minimum absolute atomic E-state index is 0.0698. The highest BCUT2D eigenvalue weighted by Crippen LogP contribution is 2.40. The topological polar surface area (TPSA) is 52.0 Å². The molecule has 17 heavy (non-hydrogen) atoms. The third-order valence-corrected chi connectivity index (χ3v) is 3.87. The van der Waals surface area contributed by atoms with Gasteiger partial charge in [0.25, 0.3) is 0 Å². The Labute approximate surface area is 98.8 Å². The molecule has 1 saturated carbocycles. The van der Waals surface area contributed by atoms with Gasteiger partial charge < -0.3 is 10.2 Å². The molecule has 90 valence electrons. The maximum atomic E-state index is 13.1. The van der Waals surface area contributed by atoms with Crippen molar-refractivity contribution >= 4 is 11.1 Å². The summed E-state index contributed by atoms with van der Waals surface area (Å²) in [6.07, 6.45) is 3.05. The van der Waals surface area contributed by atoms with Crippen LogP contribution in [-0.4, -0.2) is 11.0 Å². The Balaban J connectivity index is 2.12. The fourth-order valence-corrected chi connectivity index (χ4v) is 2.60. The van der Waals surface area contributed by atoms with E-state index in [1.165, 1.54) is 12.1 Å². The zero-order valence-electron chi connectivity index (χ0n) is 9.74. The van der Waals surface area contributed by atoms with Crippen LogP contribution in [0.5, 0.6) is 0 Å². The van der Waals surface area contributed by atoms with Crippen LogP contribution in [0.1, 0.15) is 32.1 Å². The molecule has 1 aromatic heterocycles. The summed E-state index contributed by atoms with van der Waals surface area (Å²) in [5.41, 5.74) is 7.11. The number of hydrogen-bond acceptors (Lipinski definition) is 3. The molecule has 0 spiro atoms. The van der Waals surface area contributed by atoms with E-state index in [1.807, 2.05) is 0 Å². The third-order valence-electron chi connectivity index (χ3n) is 3.87. The summed E-state index contributed by atoms with van der Waals surface area (Å²) in [7, 11) is 0. The fraction of sp³-hybridized carbons (Fsp3) is 0.462. The van der Waals surface area contributed by atoms with Gasteiger partial charge in [0.1, 0.15) is 11.3 Å². The van der Waals surface area contributed by atoms with Gasteiger partial charge in [0, 0.05) is 12.1 Å². The zero-order valence-corrected chi connectivity index (χ0v) is 9.74. The van der Waals surface area contributed by atoms with Crippen molar-refractivity contribution in [2.75, 3.05) is 0 Å². The van der Waals surface area contributed by atoms with Crippen LogP contribution in [-0.2, 0) is 5.41 Å². The molecule has 0 radical (unpaired) electrons. The molecule has 1 fully saturated rings. The van der Waals surface area contributed by atoms with Crippen LogP contribution < -0.4 is 5.73 Å². The van der Waals surface area contributed by atoms with Gasteiger partial charge in [0.2, 0.25) is 5.89 Å². The van der Waals surface area contributed by atoms with Gasteiger partial charge in [-0.1, -0.05) is 6.42 Å². The SMILES string of the molecule is CC1(c2nc3ccc(F)cc3o2)CCCC1N. The van der Waals surface area contributed by atoms with Crippen LogP contribution >= 0.6 is 0 Å². The molecule has 3 rings (SSSR count). The van der Waals surface area contributed by atoms with Crippen molar-refractivity contribution in [3.8, 4) is 0 Å². The fourth-order valence-electron chi connectivity index (χ4n) is 2.60. The normalized spacial score (nSPS) is 29.0. The van der Waals surface area contributed by atoms with Gasteiger partial charge in [0.15, 0.2) is 5.58 Å². The van der Waals surface area contributed by atoms with Crippen molar-refractivity contribution in [3.05, 3.63) is 29.9 Å². The van der Waals surface area contributed by atoms with E-state index in [2.05, 4.69) is 11.9 Å². The van der Waals surface area contributed by atoms with Crippen LogP contribution in [0.4, 0.5) is 4.39 Å². The number of nitrogens with two attached hydrogens (primary N) is 1. The first-order valence-corrected chi connectivity index (χ1v) is 5.92. The number of fused-ring (bicyclic) bond motifs is 1. The number of rotatable bonds is 1. The predicted molar refractivity (Wildman–Crippen MR) is 63.1 cm³/mol. The monoisotopic (exact) mass is 234 g/mol. The molecule has 4 heteroatoms. The molecule has 2 unspecified atom stereocenters. The molecule has 1 aliphatic carbocycles. The van der Waals surface area contributed by atoms with Crippen LogP contribution in [0.25, 0.3) is 11.1 Å². The average Bonchev–Trinajstić information content (AvgIpc) is 2.84. The van der Waals surface area contributed by atoms with E-state index >= 15 is 0 Å². The first-order chi connectivity index (χ1) is 8.09. The van der Waals surface area contributed by atoms with Gasteiger partial charge in [-0.05, 0) is 31.9 Å². The summed E-state index contributed by atoms with van der Waals surface area (Å²) in [6, 6.07) is 4.48. The molecule has 2 N–H and O–H groups in total. The molecule has 1 aliphatic rings. The van der Waals surface area contributed by atoms with E-state index in [4.69, 9.17) is 10.2 Å². The minimum atomic E-state index is -0.305. The Morgan fingerprint density at radius 3 is 3.06 bits per heavy atom. The van der Waals surface area contributed by atoms with E-state index in [9.17, 15) is 4.39 Å². The molecule has 1 heterocycles. The number of nitrogens with zero attached hydrogens (tertiary/aromatic N) is 1. The van der Waals surface area contributed by atoms with E-state index in [0.717, 1.165) is 19.3 Å². The summed E-state index contributed by atoms with van der Waals surface area (Å²) >= 11 is 0. The molecule has 0 aliphatic heterocycles. The number of halogens is 1. The second kappa shape index (κ2) is 3.53. The van der Waals surface area contributed by atoms with Crippen LogP contribution in [0.3, 0.4) is 0 Å². The second-order valence-corrected chi connectivity index (χ2v) is 5.05. The minimum Gasteiger partial charge on any atom is -0.440 e. The van der Waals surface area contributed by atoms with Gasteiger partial charge in [-0.2, -0.15) is 0 Å². The first-order valence-electron chi connectivity index (χ1n) is 5.92. The lowest BCUT2D eigenvalue weighted by molar-refractivity contribution is 0.332. The van der Waals surface area contributed by atoms with Crippen LogP contribution in [0.2, 0.25) is 0 Å². The molecule has 2 aromatic rings. The number of hydrogen-bond donors (Lipinski definition) is 1. The maximum Gasteiger partial charge on any atom is 0.202 e. The van der Waals surface area contributed by atoms with Gasteiger partial charge in [-0.25, -0.2) is 9.37 Å². The molecular weight excluding hydrogens is 219 g/mol. The summed E-state index contributed by atoms with van der Waals surface area (Å²) < 4.78 is 18.8. The van der Waals surface area contributed by atoms with Crippen molar-refractivity contribution in [2.24, 2.45) is 5.73 Å². The highest BCUT2D eigenvalue weighted by atomic mass is 19.1. The molecule has 0 bridgehead atoms. The Morgan fingerprint density at radius 2 is 2.35 bits per heavy atom. The summed E-state index contributed by atoms with van der Waals surface area (Å²) in [6.45, 7) is 2.08. The lowest BCUT2D eigenvalue weighted by Gasteiger charge is -2.24. The Hall–Kier alpha value is -1.42. The van der Waals surface area contributed by atoms with Crippen LogP contribution in [0, 0.1) is 5.82 Å². The number of oxazole rings is 1. The average molecular weight is 234 g/mol. The molecule has 3 nitrogen and oxygen atoms in total. The van der Waals surface area contributed by atoms with E-state index in [-0.39, 0.29) is 17.3 Å². The van der Waals surface area contributed by atoms with Gasteiger partial charge in [-0.15, -0.1) is 0 Å². The first kappa shape index (κ1) is 10.7. The smallest absolute Gasteiger partial charge is 0.202 e. The molecule has 1 aromatic carbocycles. The summed E-state index contributed by atoms with van der Waals surface area (Å²) in [4.78, 5) is 4.44. The molecule has 0 amide bonds. The van der Waals surface area contributed by atoms with Crippen molar-refractivity contribution in [1.29, 1.82) is 0 Å². The van der Waals surface area contributed by atoms with Gasteiger partial charge >= 0.3 is 0 Å². The summed E-state index contributed by atoms with van der Waals surface area (Å²) in [5, 5.41) is 0. The highest BCUT2D eigenvalue weighted by molar-refractivity contribution is 5.72. The standard InChI is InChI=1S/C13H15FN2O/c1-13(6-2-3-11(13)15)12-16-9-5-4-8(14)7-10(9)17-12/h4-5,7,11H,2-3,6,15H2,1H3. The second-order valence-electron chi connectivity index (χ2n) is 5.05. The van der Waals surface area contributed by atoms with Crippen LogP contribution in [0.15, 0.2) is 22.6 Å². The lowest BCUT2D eigenvalue weighted by atomic mass is 9.85. The largest absolute Gasteiger partial charge is 0.440 e. The van der Waals surface area contributed by atoms with Crippen molar-refractivity contribution < 1.29 is 8.81 Å². The van der Waals surface area contributed by atoms with Crippen molar-refractivity contribution in [3.63, 3.8) is 0 Å². The van der Waals surface area contributed by atoms with E-state index < -0.39 is 0 Å². The summed E-state index contributed by atoms with van der Waals surface area (Å²) in [5.74, 6) is 0.337. The molecule has 0 saturated heterocycles. The van der Waals surface area contributed by atoms with Crippen molar-refractivity contribution in [2.45, 2.75) is 37.6 Å². The lowest BCUT2D eigenvalue weighted by Crippen LogP contribution is -2.38. The predicted octanol–water partition coefficient (Wildman–Crippen LogP) is 2.74. The van der Waals surface area contributed by atoms with E-state index in [0.29, 0.717) is 17.0 Å².